The van der Waals surface area contributed by atoms with Gasteiger partial charge in [0.1, 0.15) is 18.2 Å². The fraction of sp³-hybridized carbons (Fsp3) is 0.167. The van der Waals surface area contributed by atoms with Gasteiger partial charge in [0, 0.05) is 23.9 Å². The molecule has 0 spiro atoms. The molecule has 1 aliphatic heterocycles. The number of anilines is 1. The largest absolute Gasteiger partial charge is 0.488 e. The number of ether oxygens (including phenoxy) is 1. The number of benzene rings is 1. The number of nitrogens with one attached hydrogen (secondary N) is 1. The van der Waals surface area contributed by atoms with Crippen LogP contribution >= 0.6 is 0 Å². The smallest absolute Gasteiger partial charge is 0.277 e. The Hall–Kier alpha value is -3.15. The predicted molar refractivity (Wildman–Crippen MR) is 89.9 cm³/mol. The first-order chi connectivity index (χ1) is 11.6. The van der Waals surface area contributed by atoms with Crippen LogP contribution in [-0.4, -0.2) is 20.7 Å². The summed E-state index contributed by atoms with van der Waals surface area (Å²) in [5.74, 6) is 1.03. The number of amides is 1. The number of rotatable bonds is 2. The van der Waals surface area contributed by atoms with Crippen LogP contribution in [0, 0.1) is 6.92 Å². The molecular weight excluding hydrogens is 304 g/mol. The van der Waals surface area contributed by atoms with E-state index >= 15 is 0 Å². The Morgan fingerprint density at radius 3 is 2.88 bits per heavy atom. The van der Waals surface area contributed by atoms with Crippen LogP contribution in [0.3, 0.4) is 0 Å². The van der Waals surface area contributed by atoms with Crippen LogP contribution in [0.2, 0.25) is 0 Å². The summed E-state index contributed by atoms with van der Waals surface area (Å²) in [4.78, 5) is 16.9. The first-order valence-electron chi connectivity index (χ1n) is 7.66. The van der Waals surface area contributed by atoms with Crippen molar-refractivity contribution in [3.8, 4) is 17.0 Å². The summed E-state index contributed by atoms with van der Waals surface area (Å²) in [5.41, 5.74) is 3.86. The van der Waals surface area contributed by atoms with E-state index in [0.29, 0.717) is 18.1 Å². The number of nitrogens with zero attached hydrogens (tertiary/aromatic N) is 3. The maximum Gasteiger partial charge on any atom is 0.277 e. The Bertz CT molecular complexity index is 946. The summed E-state index contributed by atoms with van der Waals surface area (Å²) in [6, 6.07) is 13.2. The van der Waals surface area contributed by atoms with Gasteiger partial charge in [-0.2, -0.15) is 5.10 Å². The maximum atomic E-state index is 12.6. The number of fused-ring (bicyclic) bond motifs is 3. The molecule has 4 rings (SSSR count). The molecule has 1 aliphatic rings. The molecule has 0 unspecified atom stereocenters. The Kier molecular flexibility index (Phi) is 3.30. The van der Waals surface area contributed by atoms with Crippen LogP contribution in [0.15, 0.2) is 42.5 Å². The number of hydrogen-bond acceptors (Lipinski definition) is 4. The van der Waals surface area contributed by atoms with Crippen molar-refractivity contribution >= 4 is 11.7 Å². The summed E-state index contributed by atoms with van der Waals surface area (Å²) >= 11 is 0. The minimum absolute atomic E-state index is 0.284. The van der Waals surface area contributed by atoms with E-state index < -0.39 is 0 Å². The summed E-state index contributed by atoms with van der Waals surface area (Å²) in [6.45, 7) is 2.20. The zero-order valence-corrected chi connectivity index (χ0v) is 13.4. The monoisotopic (exact) mass is 320 g/mol. The lowest BCUT2D eigenvalue weighted by molar-refractivity contribution is 0.101. The summed E-state index contributed by atoms with van der Waals surface area (Å²) in [5, 5.41) is 7.21. The standard InChI is InChI=1S/C18H16N4O2/c1-11-6-5-9-15(19-11)20-18(23)16-13-10-24-14-8-4-3-7-12(14)17(13)22(2)21-16/h3-9H,10H2,1-2H3,(H,19,20,23). The zero-order chi connectivity index (χ0) is 16.7. The van der Waals surface area contributed by atoms with E-state index in [0.717, 1.165) is 28.3 Å². The second-order valence-corrected chi connectivity index (χ2v) is 5.70. The fourth-order valence-electron chi connectivity index (χ4n) is 2.95. The number of carbonyl (C=O) groups is 1. The molecule has 1 amide bonds. The van der Waals surface area contributed by atoms with Crippen molar-refractivity contribution in [2.75, 3.05) is 5.32 Å². The van der Waals surface area contributed by atoms with E-state index in [-0.39, 0.29) is 5.91 Å². The number of pyridine rings is 1. The van der Waals surface area contributed by atoms with Gasteiger partial charge in [0.2, 0.25) is 0 Å². The molecule has 1 aromatic carbocycles. The highest BCUT2D eigenvalue weighted by atomic mass is 16.5. The molecule has 24 heavy (non-hydrogen) atoms. The molecule has 6 heteroatoms. The van der Waals surface area contributed by atoms with Crippen LogP contribution in [0.25, 0.3) is 11.3 Å². The highest BCUT2D eigenvalue weighted by Gasteiger charge is 2.28. The number of para-hydroxylation sites is 1. The Morgan fingerprint density at radius 2 is 2.04 bits per heavy atom. The average Bonchev–Trinajstić information content (AvgIpc) is 2.92. The van der Waals surface area contributed by atoms with Gasteiger partial charge in [0.05, 0.1) is 5.69 Å². The van der Waals surface area contributed by atoms with E-state index in [1.54, 1.807) is 10.7 Å². The minimum atomic E-state index is -0.284. The van der Waals surface area contributed by atoms with Crippen LogP contribution in [0.4, 0.5) is 5.82 Å². The first-order valence-corrected chi connectivity index (χ1v) is 7.66. The van der Waals surface area contributed by atoms with Crippen LogP contribution in [-0.2, 0) is 13.7 Å². The lowest BCUT2D eigenvalue weighted by Crippen LogP contribution is -2.17. The van der Waals surface area contributed by atoms with Gasteiger partial charge in [-0.3, -0.25) is 9.48 Å². The van der Waals surface area contributed by atoms with E-state index in [1.807, 2.05) is 50.4 Å². The normalized spacial score (nSPS) is 12.1. The molecule has 2 aromatic heterocycles. The molecule has 1 N–H and O–H groups in total. The van der Waals surface area contributed by atoms with Crippen molar-refractivity contribution in [2.24, 2.45) is 7.05 Å². The van der Waals surface area contributed by atoms with Gasteiger partial charge >= 0.3 is 0 Å². The summed E-state index contributed by atoms with van der Waals surface area (Å²) < 4.78 is 7.51. The van der Waals surface area contributed by atoms with Gasteiger partial charge in [-0.15, -0.1) is 0 Å². The molecule has 0 bridgehead atoms. The summed E-state index contributed by atoms with van der Waals surface area (Å²) in [7, 11) is 1.84. The molecule has 6 nitrogen and oxygen atoms in total. The zero-order valence-electron chi connectivity index (χ0n) is 13.4. The topological polar surface area (TPSA) is 69.0 Å². The molecule has 120 valence electrons. The summed E-state index contributed by atoms with van der Waals surface area (Å²) in [6.07, 6.45) is 0. The third-order valence-corrected chi connectivity index (χ3v) is 4.00. The van der Waals surface area contributed by atoms with Crippen molar-refractivity contribution < 1.29 is 9.53 Å². The quantitative estimate of drug-likeness (QED) is 0.788. The van der Waals surface area contributed by atoms with E-state index in [1.165, 1.54) is 0 Å². The number of hydrogen-bond donors (Lipinski definition) is 1. The second kappa shape index (κ2) is 5.49. The van der Waals surface area contributed by atoms with Gasteiger partial charge in [-0.05, 0) is 31.2 Å². The molecular formula is C18H16N4O2. The molecule has 3 aromatic rings. The Labute approximate surface area is 139 Å². The fourth-order valence-corrected chi connectivity index (χ4v) is 2.95. The van der Waals surface area contributed by atoms with Crippen molar-refractivity contribution in [2.45, 2.75) is 13.5 Å². The lowest BCUT2D eigenvalue weighted by Gasteiger charge is -2.18. The molecule has 0 fully saturated rings. The second-order valence-electron chi connectivity index (χ2n) is 5.70. The van der Waals surface area contributed by atoms with E-state index in [4.69, 9.17) is 4.74 Å². The highest BCUT2D eigenvalue weighted by molar-refractivity contribution is 6.04. The minimum Gasteiger partial charge on any atom is -0.488 e. The van der Waals surface area contributed by atoms with E-state index in [9.17, 15) is 4.79 Å². The first kappa shape index (κ1) is 14.4. The van der Waals surface area contributed by atoms with Crippen molar-refractivity contribution in [1.29, 1.82) is 0 Å². The van der Waals surface area contributed by atoms with Crippen LogP contribution in [0.1, 0.15) is 21.7 Å². The Morgan fingerprint density at radius 1 is 1.21 bits per heavy atom. The van der Waals surface area contributed by atoms with Crippen LogP contribution in [0.5, 0.6) is 5.75 Å². The van der Waals surface area contributed by atoms with Crippen molar-refractivity contribution in [1.82, 2.24) is 14.8 Å². The SMILES string of the molecule is Cc1cccc(NC(=O)c2nn(C)c3c2COc2ccccc2-3)n1. The third-order valence-electron chi connectivity index (χ3n) is 4.00. The van der Waals surface area contributed by atoms with Gasteiger partial charge in [-0.25, -0.2) is 4.98 Å². The predicted octanol–water partition coefficient (Wildman–Crippen LogP) is 2.94. The van der Waals surface area contributed by atoms with Gasteiger partial charge in [0.15, 0.2) is 5.69 Å². The van der Waals surface area contributed by atoms with Crippen molar-refractivity contribution in [3.63, 3.8) is 0 Å². The highest BCUT2D eigenvalue weighted by Crippen LogP contribution is 2.38. The number of aryl methyl sites for hydroxylation is 2. The van der Waals surface area contributed by atoms with E-state index in [2.05, 4.69) is 15.4 Å². The molecule has 0 saturated carbocycles. The van der Waals surface area contributed by atoms with Gasteiger partial charge < -0.3 is 10.1 Å². The van der Waals surface area contributed by atoms with Crippen LogP contribution < -0.4 is 10.1 Å². The van der Waals surface area contributed by atoms with Gasteiger partial charge in [0.25, 0.3) is 5.91 Å². The lowest BCUT2D eigenvalue weighted by atomic mass is 10.0. The number of carbonyl (C=O) groups excluding carboxylic acids is 1. The van der Waals surface area contributed by atoms with Crippen molar-refractivity contribution in [3.05, 3.63) is 59.4 Å². The van der Waals surface area contributed by atoms with Gasteiger partial charge in [-0.1, -0.05) is 18.2 Å². The molecule has 0 atom stereocenters. The molecule has 0 radical (unpaired) electrons. The number of aromatic nitrogens is 3. The third kappa shape index (κ3) is 2.32. The molecule has 0 saturated heterocycles. The molecule has 3 heterocycles. The Balaban J connectivity index is 1.72. The molecule has 0 aliphatic carbocycles. The average molecular weight is 320 g/mol. The maximum absolute atomic E-state index is 12.6.